The molecule has 6 atom stereocenters. The molecule has 14 heteroatoms. The maximum atomic E-state index is 14.1. The molecule has 0 radical (unpaired) electrons. The number of allylic oxidation sites excluding steroid dienone is 4. The number of para-hydroxylation sites is 2. The number of nitrogens with one attached hydrogen (secondary N) is 2. The molecule has 14 nitrogen and oxygen atoms in total. The van der Waals surface area contributed by atoms with Gasteiger partial charge >= 0.3 is 6.09 Å². The molecule has 3 aliphatic heterocycles. The number of rotatable bonds is 20. The summed E-state index contributed by atoms with van der Waals surface area (Å²) in [4.78, 5) is 54.7. The molecule has 6 unspecified atom stereocenters. The van der Waals surface area contributed by atoms with Crippen molar-refractivity contribution in [3.05, 3.63) is 113 Å². The minimum atomic E-state index is -0.406. The van der Waals surface area contributed by atoms with Gasteiger partial charge in [0, 0.05) is 71.6 Å². The molecule has 1 spiro atoms. The molecule has 2 saturated heterocycles. The number of aryl methyl sites for hydroxylation is 1. The van der Waals surface area contributed by atoms with Crippen LogP contribution in [0.2, 0.25) is 0 Å². The summed E-state index contributed by atoms with van der Waals surface area (Å²) in [5.74, 6) is 1.64. The monoisotopic (exact) mass is 970 g/mol. The molecule has 7 aliphatic rings. The zero-order valence-electron chi connectivity index (χ0n) is 41.8. The molecule has 3 amide bonds. The molecule has 380 valence electrons. The van der Waals surface area contributed by atoms with Gasteiger partial charge in [0.25, 0.3) is 5.91 Å². The maximum absolute atomic E-state index is 14.1. The minimum absolute atomic E-state index is 0. The number of nitrogens with zero attached hydrogens (tertiary/aromatic N) is 5. The topological polar surface area (TPSA) is 138 Å². The fourth-order valence-electron chi connectivity index (χ4n) is 12.4. The largest absolute Gasteiger partial charge is 0.495 e. The Morgan fingerprint density at radius 1 is 0.915 bits per heavy atom. The molecule has 0 bridgehead atoms. The van der Waals surface area contributed by atoms with Crippen molar-refractivity contribution in [1.82, 2.24) is 20.0 Å². The number of unbranched alkanes of at least 4 members (excludes halogenated alkanes) is 3. The first-order chi connectivity index (χ1) is 34.7. The second kappa shape index (κ2) is 21.7. The number of ether oxygens (including phenoxy) is 4. The third-order valence-corrected chi connectivity index (χ3v) is 15.9. The van der Waals surface area contributed by atoms with Crippen LogP contribution in [0.3, 0.4) is 0 Å². The number of piperazine rings is 1. The van der Waals surface area contributed by atoms with Crippen LogP contribution >= 0.6 is 0 Å². The number of benzene rings is 3. The van der Waals surface area contributed by atoms with Crippen LogP contribution in [-0.4, -0.2) is 129 Å². The predicted octanol–water partition coefficient (Wildman–Crippen LogP) is 9.42. The van der Waals surface area contributed by atoms with Gasteiger partial charge in [-0.2, -0.15) is 0 Å². The van der Waals surface area contributed by atoms with Gasteiger partial charge < -0.3 is 29.2 Å². The van der Waals surface area contributed by atoms with Gasteiger partial charge in [-0.15, -0.1) is 0 Å². The lowest BCUT2D eigenvalue weighted by Crippen LogP contribution is -2.66. The Morgan fingerprint density at radius 2 is 1.73 bits per heavy atom. The number of methoxy groups -OCH3 is 1. The average molecular weight is 970 g/mol. The van der Waals surface area contributed by atoms with E-state index in [4.69, 9.17) is 23.9 Å². The SMILES string of the molecule is CCOc1ccccc1N1C(=O)C2C=CC=CC2=NC1CN1CCN(C(COc2ccc(C(=O)NCCCCCCN3C4CCCC45CC(OC(=O)Nc4cc(C)ccc4OC)CC35)cc2)=C2CC2)CC1.[HH].[HH]. The molecular formula is C57H75N7O7. The number of carbonyl (C=O) groups excluding carboxylic acids is 3. The first-order valence-electron chi connectivity index (χ1n) is 26.3. The van der Waals surface area contributed by atoms with E-state index < -0.39 is 12.0 Å². The zero-order chi connectivity index (χ0) is 48.9. The Hall–Kier alpha value is -6.12. The van der Waals surface area contributed by atoms with Crippen LogP contribution in [0.5, 0.6) is 17.2 Å². The van der Waals surface area contributed by atoms with Crippen LogP contribution in [0, 0.1) is 18.3 Å². The number of amides is 3. The lowest BCUT2D eigenvalue weighted by Gasteiger charge is -2.58. The van der Waals surface area contributed by atoms with Crippen molar-refractivity contribution in [1.29, 1.82) is 0 Å². The number of anilines is 2. The zero-order valence-corrected chi connectivity index (χ0v) is 41.8. The van der Waals surface area contributed by atoms with Gasteiger partial charge in [0.05, 0.1) is 42.4 Å². The second-order valence-electron chi connectivity index (χ2n) is 20.4. The molecule has 2 N–H and O–H groups in total. The summed E-state index contributed by atoms with van der Waals surface area (Å²) in [6, 6.07) is 22.1. The summed E-state index contributed by atoms with van der Waals surface area (Å²) in [7, 11) is 1.61. The molecule has 4 aliphatic carbocycles. The van der Waals surface area contributed by atoms with Gasteiger partial charge in [-0.1, -0.05) is 55.7 Å². The number of fused-ring (bicyclic) bond motifs is 1. The minimum Gasteiger partial charge on any atom is -0.495 e. The predicted molar refractivity (Wildman–Crippen MR) is 281 cm³/mol. The van der Waals surface area contributed by atoms with Crippen molar-refractivity contribution >= 4 is 35.0 Å². The quantitative estimate of drug-likeness (QED) is 0.105. The van der Waals surface area contributed by atoms with Crippen LogP contribution in [0.4, 0.5) is 16.2 Å². The molecule has 5 fully saturated rings. The van der Waals surface area contributed by atoms with Crippen LogP contribution in [0.25, 0.3) is 0 Å². The highest BCUT2D eigenvalue weighted by Gasteiger charge is 2.66. The molecule has 3 aromatic rings. The van der Waals surface area contributed by atoms with Crippen molar-refractivity contribution in [2.24, 2.45) is 16.3 Å². The Kier molecular flexibility index (Phi) is 14.8. The third kappa shape index (κ3) is 10.6. The molecule has 3 heterocycles. The fraction of sp³-hybridized carbons (Fsp3) is 0.509. The number of likely N-dealkylation sites (tertiary alicyclic amines) is 1. The number of hydrogen-bond donors (Lipinski definition) is 2. The van der Waals surface area contributed by atoms with Gasteiger partial charge in [0.2, 0.25) is 5.91 Å². The van der Waals surface area contributed by atoms with E-state index in [1.165, 1.54) is 30.5 Å². The summed E-state index contributed by atoms with van der Waals surface area (Å²) in [5, 5.41) is 6.04. The van der Waals surface area contributed by atoms with E-state index in [0.717, 1.165) is 107 Å². The smallest absolute Gasteiger partial charge is 0.412 e. The Balaban J connectivity index is 0.00000356. The van der Waals surface area contributed by atoms with E-state index in [-0.39, 0.29) is 26.9 Å². The molecular weight excluding hydrogens is 895 g/mol. The van der Waals surface area contributed by atoms with Crippen molar-refractivity contribution < 1.29 is 36.2 Å². The molecule has 10 rings (SSSR count). The number of carbonyl (C=O) groups is 3. The summed E-state index contributed by atoms with van der Waals surface area (Å²) in [6.45, 7) is 10.7. The Labute approximate surface area is 422 Å². The second-order valence-corrected chi connectivity index (χ2v) is 20.4. The summed E-state index contributed by atoms with van der Waals surface area (Å²) < 4.78 is 23.8. The van der Waals surface area contributed by atoms with Crippen LogP contribution in [0.15, 0.2) is 107 Å². The molecule has 71 heavy (non-hydrogen) atoms. The van der Waals surface area contributed by atoms with Crippen molar-refractivity contribution in [2.75, 3.05) is 76.4 Å². The average Bonchev–Trinajstić information content (AvgIpc) is 4.09. The highest BCUT2D eigenvalue weighted by atomic mass is 16.6. The highest BCUT2D eigenvalue weighted by Crippen LogP contribution is 2.63. The molecule has 3 saturated carbocycles. The lowest BCUT2D eigenvalue weighted by molar-refractivity contribution is -0.120. The Morgan fingerprint density at radius 3 is 2.54 bits per heavy atom. The first kappa shape index (κ1) is 48.5. The molecule has 3 aromatic carbocycles. The van der Waals surface area contributed by atoms with Crippen LogP contribution in [-0.2, 0) is 9.53 Å². The normalized spacial score (nSPS) is 25.4. The van der Waals surface area contributed by atoms with E-state index in [1.807, 2.05) is 110 Å². The highest BCUT2D eigenvalue weighted by molar-refractivity contribution is 6.18. The first-order valence-corrected chi connectivity index (χ1v) is 26.3. The lowest BCUT2D eigenvalue weighted by atomic mass is 9.68. The summed E-state index contributed by atoms with van der Waals surface area (Å²) in [6.07, 6.45) is 19.0. The standard InChI is InChI=1S/C57H71N7O7.2H2/c1-4-69-50-17-10-9-16-47(50)64-53(59-45-15-8-7-14-44(45)55(64)66)37-61-30-32-62(33-31-61)48(40-20-21-40)38-70-42-24-22-41(23-25-42)54(65)58-28-11-5-6-12-29-63-51-18-13-27-57(51)36-43(35-52(57)63)71-56(67)60-46-34-39(2)19-26-49(46)68-3;;/h7-10,14-17,19,22-26,34,43-44,51-53H,4-6,11-13,18,20-21,27-33,35-38H2,1-3H3,(H,58,65)(H,60,67);2*1H. The van der Waals surface area contributed by atoms with Crippen molar-refractivity contribution in [2.45, 2.75) is 109 Å². The maximum Gasteiger partial charge on any atom is 0.412 e. The van der Waals surface area contributed by atoms with Crippen molar-refractivity contribution in [3.8, 4) is 17.2 Å². The van der Waals surface area contributed by atoms with E-state index in [2.05, 4.69) is 25.3 Å². The van der Waals surface area contributed by atoms with Gasteiger partial charge in [0.15, 0.2) is 0 Å². The summed E-state index contributed by atoms with van der Waals surface area (Å²) >= 11 is 0. The van der Waals surface area contributed by atoms with Crippen LogP contribution < -0.4 is 29.7 Å². The Bertz CT molecular complexity index is 2560. The van der Waals surface area contributed by atoms with Gasteiger partial charge in [-0.25, -0.2) is 4.79 Å². The van der Waals surface area contributed by atoms with E-state index in [1.54, 1.807) is 7.11 Å². The number of hydrogen-bond acceptors (Lipinski definition) is 11. The summed E-state index contributed by atoms with van der Waals surface area (Å²) in [5.41, 5.74) is 6.91. The fourth-order valence-corrected chi connectivity index (χ4v) is 12.4. The van der Waals surface area contributed by atoms with Gasteiger partial charge in [-0.05, 0) is 131 Å². The van der Waals surface area contributed by atoms with E-state index in [0.29, 0.717) is 66.6 Å². The third-order valence-electron chi connectivity index (χ3n) is 15.9. The van der Waals surface area contributed by atoms with Gasteiger partial charge in [-0.3, -0.25) is 34.6 Å². The van der Waals surface area contributed by atoms with E-state index >= 15 is 0 Å². The van der Waals surface area contributed by atoms with E-state index in [9.17, 15) is 14.4 Å². The van der Waals surface area contributed by atoms with Crippen molar-refractivity contribution in [3.63, 3.8) is 0 Å². The molecule has 0 aromatic heterocycles. The number of aliphatic imine (C=N–C) groups is 1. The van der Waals surface area contributed by atoms with Gasteiger partial charge in [0.1, 0.15) is 36.1 Å². The van der Waals surface area contributed by atoms with Crippen LogP contribution in [0.1, 0.15) is 96.3 Å².